The van der Waals surface area contributed by atoms with Gasteiger partial charge in [0.15, 0.2) is 16.6 Å². The number of fused-ring (bicyclic) bond motifs is 15. The van der Waals surface area contributed by atoms with Crippen LogP contribution in [-0.2, 0) is 0 Å². The summed E-state index contributed by atoms with van der Waals surface area (Å²) in [5, 5.41) is 10.1. The molecule has 0 saturated heterocycles. The van der Waals surface area contributed by atoms with Crippen LogP contribution in [0.2, 0.25) is 5.15 Å². The van der Waals surface area contributed by atoms with Gasteiger partial charge in [0.1, 0.15) is 16.7 Å². The van der Waals surface area contributed by atoms with Gasteiger partial charge in [-0.1, -0.05) is 96.5 Å². The van der Waals surface area contributed by atoms with Crippen molar-refractivity contribution in [3.63, 3.8) is 0 Å². The van der Waals surface area contributed by atoms with Crippen LogP contribution in [0.1, 0.15) is 0 Å². The smallest absolute Gasteiger partial charge is 0.248 e. The van der Waals surface area contributed by atoms with E-state index in [4.69, 9.17) is 30.4 Å². The molecule has 10 aromatic rings. The number of aromatic nitrogens is 3. The number of rotatable bonds is 1. The highest BCUT2D eigenvalue weighted by Gasteiger charge is 2.26. The van der Waals surface area contributed by atoms with Crippen LogP contribution in [0.3, 0.4) is 0 Å². The topological polar surface area (TPSA) is 57.0 Å². The Hall–Kier alpha value is -5.39. The zero-order valence-electron chi connectivity index (χ0n) is 21.9. The lowest BCUT2D eigenvalue weighted by Crippen LogP contribution is -2.00. The average Bonchev–Trinajstić information content (AvgIpc) is 3.70. The molecule has 6 aromatic carbocycles. The van der Waals surface area contributed by atoms with Crippen LogP contribution < -0.4 is 0 Å². The van der Waals surface area contributed by atoms with E-state index in [0.29, 0.717) is 22.2 Å². The molecule has 4 heterocycles. The van der Waals surface area contributed by atoms with Crippen LogP contribution in [-0.4, -0.2) is 14.5 Å². The van der Waals surface area contributed by atoms with Crippen LogP contribution in [0.5, 0.6) is 0 Å². The molecular weight excluding hydrogens is 542 g/mol. The minimum absolute atomic E-state index is 0.291. The van der Waals surface area contributed by atoms with Crippen molar-refractivity contribution in [2.75, 3.05) is 0 Å². The third kappa shape index (κ3) is 2.73. The highest BCUT2D eigenvalue weighted by atomic mass is 35.5. The van der Waals surface area contributed by atoms with E-state index in [-0.39, 0.29) is 0 Å². The molecule has 6 heteroatoms. The normalized spacial score (nSPS) is 12.4. The summed E-state index contributed by atoms with van der Waals surface area (Å²) in [6, 6.07) is 37.3. The molecule has 0 saturated carbocycles. The standard InChI is InChI=1S/C36H18ClN3O2/c37-34-35(39-36-31(38-34)24-14-6-8-16-26(24)42-36)40-25-15-7-5-13-23(25)28-21-11-3-4-12-22(21)30-29-20-10-2-1-9-19(20)17-18-27(29)41-33(30)32(28)40/h1-18H. The van der Waals surface area contributed by atoms with Gasteiger partial charge in [-0.25, -0.2) is 4.98 Å². The molecule has 0 amide bonds. The summed E-state index contributed by atoms with van der Waals surface area (Å²) < 4.78 is 15.1. The Morgan fingerprint density at radius 3 is 2.10 bits per heavy atom. The summed E-state index contributed by atoms with van der Waals surface area (Å²) >= 11 is 7.01. The van der Waals surface area contributed by atoms with Gasteiger partial charge in [-0.05, 0) is 45.8 Å². The lowest BCUT2D eigenvalue weighted by Gasteiger charge is -2.09. The van der Waals surface area contributed by atoms with Gasteiger partial charge >= 0.3 is 0 Å². The largest absolute Gasteiger partial charge is 0.454 e. The predicted molar refractivity (Wildman–Crippen MR) is 171 cm³/mol. The summed E-state index contributed by atoms with van der Waals surface area (Å²) in [6.45, 7) is 0. The summed E-state index contributed by atoms with van der Waals surface area (Å²) in [5.74, 6) is 0.497. The van der Waals surface area contributed by atoms with Crippen molar-refractivity contribution in [2.24, 2.45) is 0 Å². The van der Waals surface area contributed by atoms with Crippen molar-refractivity contribution in [3.8, 4) is 5.82 Å². The molecule has 10 rings (SSSR count). The second kappa shape index (κ2) is 7.87. The number of hydrogen-bond donors (Lipinski definition) is 0. The fraction of sp³-hybridized carbons (Fsp3) is 0. The average molecular weight is 560 g/mol. The summed E-state index contributed by atoms with van der Waals surface area (Å²) in [5.41, 5.74) is 5.29. The number of para-hydroxylation sites is 2. The van der Waals surface area contributed by atoms with Gasteiger partial charge in [-0.3, -0.25) is 4.57 Å². The minimum atomic E-state index is 0.291. The van der Waals surface area contributed by atoms with Crippen LogP contribution in [0, 0.1) is 0 Å². The Kier molecular flexibility index (Phi) is 4.18. The van der Waals surface area contributed by atoms with Gasteiger partial charge in [0.2, 0.25) is 5.71 Å². The van der Waals surface area contributed by atoms with E-state index in [1.54, 1.807) is 0 Å². The lowest BCUT2D eigenvalue weighted by molar-refractivity contribution is 0.651. The first-order valence-electron chi connectivity index (χ1n) is 13.8. The molecular formula is C36H18ClN3O2. The molecule has 0 unspecified atom stereocenters. The van der Waals surface area contributed by atoms with E-state index >= 15 is 0 Å². The van der Waals surface area contributed by atoms with E-state index in [1.165, 1.54) is 5.39 Å². The maximum Gasteiger partial charge on any atom is 0.248 e. The van der Waals surface area contributed by atoms with Crippen LogP contribution >= 0.6 is 11.6 Å². The maximum atomic E-state index is 7.01. The Balaban J connectivity index is 1.48. The van der Waals surface area contributed by atoms with E-state index in [2.05, 4.69) is 83.4 Å². The monoisotopic (exact) mass is 559 g/mol. The summed E-state index contributed by atoms with van der Waals surface area (Å²) in [6.07, 6.45) is 0. The van der Waals surface area contributed by atoms with Crippen molar-refractivity contribution < 1.29 is 8.83 Å². The predicted octanol–water partition coefficient (Wildman–Crippen LogP) is 10.3. The van der Waals surface area contributed by atoms with Crippen LogP contribution in [0.4, 0.5) is 0 Å². The fourth-order valence-corrected chi connectivity index (χ4v) is 7.01. The van der Waals surface area contributed by atoms with Gasteiger partial charge < -0.3 is 8.83 Å². The second-order valence-electron chi connectivity index (χ2n) is 10.7. The van der Waals surface area contributed by atoms with Gasteiger partial charge in [-0.15, -0.1) is 0 Å². The molecule has 0 aliphatic rings. The molecule has 0 spiro atoms. The van der Waals surface area contributed by atoms with Gasteiger partial charge in [-0.2, -0.15) is 4.98 Å². The molecule has 0 N–H and O–H groups in total. The van der Waals surface area contributed by atoms with Crippen molar-refractivity contribution in [2.45, 2.75) is 0 Å². The lowest BCUT2D eigenvalue weighted by atomic mass is 9.96. The highest BCUT2D eigenvalue weighted by Crippen LogP contribution is 2.47. The summed E-state index contributed by atoms with van der Waals surface area (Å²) in [4.78, 5) is 9.82. The number of nitrogens with zero attached hydrogens (tertiary/aromatic N) is 3. The van der Waals surface area contributed by atoms with Crippen molar-refractivity contribution >= 4 is 99.1 Å². The molecule has 196 valence electrons. The third-order valence-corrected chi connectivity index (χ3v) is 8.75. The van der Waals surface area contributed by atoms with Gasteiger partial charge in [0, 0.05) is 26.9 Å². The van der Waals surface area contributed by atoms with Crippen molar-refractivity contribution in [1.29, 1.82) is 0 Å². The Morgan fingerprint density at radius 2 is 1.24 bits per heavy atom. The first-order valence-corrected chi connectivity index (χ1v) is 14.2. The molecule has 0 atom stereocenters. The number of hydrogen-bond acceptors (Lipinski definition) is 4. The van der Waals surface area contributed by atoms with E-state index in [9.17, 15) is 0 Å². The Labute approximate surface area is 242 Å². The minimum Gasteiger partial charge on any atom is -0.454 e. The molecule has 4 aromatic heterocycles. The van der Waals surface area contributed by atoms with Crippen LogP contribution in [0.15, 0.2) is 118 Å². The van der Waals surface area contributed by atoms with E-state index in [1.807, 2.05) is 30.3 Å². The zero-order valence-corrected chi connectivity index (χ0v) is 22.7. The number of benzene rings is 6. The second-order valence-corrected chi connectivity index (χ2v) is 11.0. The van der Waals surface area contributed by atoms with Crippen molar-refractivity contribution in [1.82, 2.24) is 14.5 Å². The maximum absolute atomic E-state index is 7.01. The number of halogens is 1. The Bertz CT molecular complexity index is 2770. The molecule has 0 aliphatic heterocycles. The molecule has 0 bridgehead atoms. The van der Waals surface area contributed by atoms with E-state index < -0.39 is 0 Å². The van der Waals surface area contributed by atoms with Crippen molar-refractivity contribution in [3.05, 3.63) is 114 Å². The summed E-state index contributed by atoms with van der Waals surface area (Å²) in [7, 11) is 0. The van der Waals surface area contributed by atoms with Gasteiger partial charge in [0.05, 0.1) is 11.0 Å². The zero-order chi connectivity index (χ0) is 27.5. The number of furan rings is 2. The molecule has 0 fully saturated rings. The molecule has 0 radical (unpaired) electrons. The third-order valence-electron chi connectivity index (χ3n) is 8.50. The fourth-order valence-electron chi connectivity index (χ4n) is 6.79. The molecule has 0 aliphatic carbocycles. The Morgan fingerprint density at radius 1 is 0.548 bits per heavy atom. The highest BCUT2D eigenvalue weighted by molar-refractivity contribution is 6.38. The first kappa shape index (κ1) is 22.3. The first-order chi connectivity index (χ1) is 20.8. The van der Waals surface area contributed by atoms with E-state index in [0.717, 1.165) is 70.9 Å². The SMILES string of the molecule is Clc1nc2c(nc1-n1c3ccccc3c3c4ccccc4c4c(oc5ccc6ccccc6c54)c31)oc1ccccc12. The molecule has 42 heavy (non-hydrogen) atoms. The molecule has 5 nitrogen and oxygen atoms in total. The quantitative estimate of drug-likeness (QED) is 0.201. The van der Waals surface area contributed by atoms with Gasteiger partial charge in [0.25, 0.3) is 0 Å². The van der Waals surface area contributed by atoms with Crippen LogP contribution in [0.25, 0.3) is 93.3 Å².